The highest BCUT2D eigenvalue weighted by Gasteiger charge is 2.23. The molecule has 1 unspecified atom stereocenters. The minimum absolute atomic E-state index is 0.0274. The molecule has 2 rings (SSSR count). The molecule has 1 saturated heterocycles. The highest BCUT2D eigenvalue weighted by Crippen LogP contribution is 2.20. The van der Waals surface area contributed by atoms with Crippen LogP contribution in [0.1, 0.15) is 28.8 Å². The van der Waals surface area contributed by atoms with E-state index in [0.717, 1.165) is 35.0 Å². The van der Waals surface area contributed by atoms with Crippen LogP contribution in [-0.4, -0.2) is 18.4 Å². The average molecular weight is 268 g/mol. The third-order valence-corrected chi connectivity index (χ3v) is 3.69. The second kappa shape index (κ2) is 4.45. The molecule has 1 heterocycles. The largest absolute Gasteiger partial charge is 0.307 e. The molecular weight excluding hydrogens is 254 g/mol. The predicted molar refractivity (Wildman–Crippen MR) is 64.2 cm³/mol. The Morgan fingerprint density at radius 2 is 2.33 bits per heavy atom. The first-order valence-corrected chi connectivity index (χ1v) is 6.01. The fourth-order valence-corrected chi connectivity index (χ4v) is 2.23. The van der Waals surface area contributed by atoms with Crippen LogP contribution in [0.5, 0.6) is 0 Å². The van der Waals surface area contributed by atoms with Crippen molar-refractivity contribution in [3.63, 3.8) is 0 Å². The van der Waals surface area contributed by atoms with Gasteiger partial charge in [-0.15, -0.1) is 0 Å². The third kappa shape index (κ3) is 2.29. The number of carbonyl (C=O) groups is 1. The molecule has 1 aromatic carbocycles. The number of rotatable bonds is 2. The van der Waals surface area contributed by atoms with Crippen molar-refractivity contribution in [1.82, 2.24) is 5.32 Å². The van der Waals surface area contributed by atoms with Crippen LogP contribution in [0.3, 0.4) is 0 Å². The second-order valence-corrected chi connectivity index (χ2v) is 4.83. The quantitative estimate of drug-likeness (QED) is 0.835. The SMILES string of the molecule is Cc1ccc(C(=O)C2CCCN2)cc1Br. The summed E-state index contributed by atoms with van der Waals surface area (Å²) in [5, 5.41) is 3.22. The highest BCUT2D eigenvalue weighted by molar-refractivity contribution is 9.10. The van der Waals surface area contributed by atoms with Crippen molar-refractivity contribution in [2.75, 3.05) is 6.54 Å². The van der Waals surface area contributed by atoms with Crippen molar-refractivity contribution in [2.24, 2.45) is 0 Å². The van der Waals surface area contributed by atoms with E-state index >= 15 is 0 Å². The molecule has 1 aromatic rings. The molecule has 3 heteroatoms. The summed E-state index contributed by atoms with van der Waals surface area (Å²) in [6, 6.07) is 5.83. The zero-order valence-corrected chi connectivity index (χ0v) is 10.3. The van der Waals surface area contributed by atoms with E-state index in [0.29, 0.717) is 0 Å². The Kier molecular flexibility index (Phi) is 3.22. The average Bonchev–Trinajstić information content (AvgIpc) is 2.74. The fourth-order valence-electron chi connectivity index (χ4n) is 1.86. The molecule has 1 N–H and O–H groups in total. The van der Waals surface area contributed by atoms with E-state index in [1.807, 2.05) is 25.1 Å². The van der Waals surface area contributed by atoms with Gasteiger partial charge in [0.15, 0.2) is 5.78 Å². The lowest BCUT2D eigenvalue weighted by atomic mass is 10.0. The molecule has 0 radical (unpaired) electrons. The maximum atomic E-state index is 12.0. The number of aryl methyl sites for hydroxylation is 1. The summed E-state index contributed by atoms with van der Waals surface area (Å²) in [5.41, 5.74) is 1.96. The summed E-state index contributed by atoms with van der Waals surface area (Å²) in [6.07, 6.45) is 2.06. The van der Waals surface area contributed by atoms with Crippen LogP contribution < -0.4 is 5.32 Å². The Balaban J connectivity index is 2.21. The van der Waals surface area contributed by atoms with Gasteiger partial charge in [-0.1, -0.05) is 28.1 Å². The molecule has 2 nitrogen and oxygen atoms in total. The number of nitrogens with one attached hydrogen (secondary N) is 1. The van der Waals surface area contributed by atoms with Gasteiger partial charge in [0.1, 0.15) is 0 Å². The van der Waals surface area contributed by atoms with Crippen molar-refractivity contribution < 1.29 is 4.79 Å². The lowest BCUT2D eigenvalue weighted by molar-refractivity contribution is 0.0952. The van der Waals surface area contributed by atoms with Gasteiger partial charge in [-0.25, -0.2) is 0 Å². The summed E-state index contributed by atoms with van der Waals surface area (Å²) in [5.74, 6) is 0.216. The molecule has 0 aliphatic carbocycles. The molecule has 1 aliphatic heterocycles. The third-order valence-electron chi connectivity index (χ3n) is 2.83. The minimum Gasteiger partial charge on any atom is -0.307 e. The maximum absolute atomic E-state index is 12.0. The number of halogens is 1. The van der Waals surface area contributed by atoms with Crippen LogP contribution in [0.25, 0.3) is 0 Å². The summed E-state index contributed by atoms with van der Waals surface area (Å²) < 4.78 is 1.01. The van der Waals surface area contributed by atoms with E-state index in [1.54, 1.807) is 0 Å². The van der Waals surface area contributed by atoms with E-state index in [1.165, 1.54) is 0 Å². The monoisotopic (exact) mass is 267 g/mol. The lowest BCUT2D eigenvalue weighted by Gasteiger charge is -2.09. The zero-order valence-electron chi connectivity index (χ0n) is 8.72. The van der Waals surface area contributed by atoms with Gasteiger partial charge in [-0.05, 0) is 37.9 Å². The lowest BCUT2D eigenvalue weighted by Crippen LogP contribution is -2.30. The molecule has 1 fully saturated rings. The second-order valence-electron chi connectivity index (χ2n) is 3.98. The Labute approximate surface area is 98.2 Å². The number of Topliss-reactive ketones (excluding diaryl/α,β-unsaturated/α-hetero) is 1. The Hall–Kier alpha value is -0.670. The van der Waals surface area contributed by atoms with Gasteiger partial charge in [0.2, 0.25) is 0 Å². The summed E-state index contributed by atoms with van der Waals surface area (Å²) in [7, 11) is 0. The van der Waals surface area contributed by atoms with Crippen LogP contribution in [0.15, 0.2) is 22.7 Å². The van der Waals surface area contributed by atoms with Crippen LogP contribution in [-0.2, 0) is 0 Å². The molecule has 15 heavy (non-hydrogen) atoms. The highest BCUT2D eigenvalue weighted by atomic mass is 79.9. The molecule has 1 aliphatic rings. The van der Waals surface area contributed by atoms with Crippen molar-refractivity contribution in [1.29, 1.82) is 0 Å². The molecule has 1 atom stereocenters. The molecule has 0 saturated carbocycles. The van der Waals surface area contributed by atoms with Gasteiger partial charge in [-0.2, -0.15) is 0 Å². The smallest absolute Gasteiger partial charge is 0.179 e. The number of ketones is 1. The Bertz CT molecular complexity index is 383. The van der Waals surface area contributed by atoms with E-state index in [9.17, 15) is 4.79 Å². The predicted octanol–water partition coefficient (Wildman–Crippen LogP) is 2.69. The number of hydrogen-bond donors (Lipinski definition) is 1. The molecule has 0 amide bonds. The van der Waals surface area contributed by atoms with E-state index in [2.05, 4.69) is 21.2 Å². The summed E-state index contributed by atoms with van der Waals surface area (Å²) in [4.78, 5) is 12.0. The number of hydrogen-bond acceptors (Lipinski definition) is 2. The Morgan fingerprint density at radius 3 is 2.93 bits per heavy atom. The topological polar surface area (TPSA) is 29.1 Å². The fraction of sp³-hybridized carbons (Fsp3) is 0.417. The standard InChI is InChI=1S/C12H14BrNO/c1-8-4-5-9(7-10(8)13)12(15)11-3-2-6-14-11/h4-5,7,11,14H,2-3,6H2,1H3. The zero-order chi connectivity index (χ0) is 10.8. The first-order valence-electron chi connectivity index (χ1n) is 5.22. The van der Waals surface area contributed by atoms with Crippen LogP contribution >= 0.6 is 15.9 Å². The molecule has 0 bridgehead atoms. The van der Waals surface area contributed by atoms with Gasteiger partial charge >= 0.3 is 0 Å². The van der Waals surface area contributed by atoms with Crippen molar-refractivity contribution in [3.8, 4) is 0 Å². The van der Waals surface area contributed by atoms with Gasteiger partial charge in [0.25, 0.3) is 0 Å². The van der Waals surface area contributed by atoms with Gasteiger partial charge in [0.05, 0.1) is 6.04 Å². The molecule has 80 valence electrons. The van der Waals surface area contributed by atoms with Crippen molar-refractivity contribution >= 4 is 21.7 Å². The van der Waals surface area contributed by atoms with Crippen LogP contribution in [0.4, 0.5) is 0 Å². The number of benzene rings is 1. The van der Waals surface area contributed by atoms with E-state index < -0.39 is 0 Å². The van der Waals surface area contributed by atoms with Gasteiger partial charge in [-0.3, -0.25) is 4.79 Å². The molecule has 0 spiro atoms. The van der Waals surface area contributed by atoms with Gasteiger partial charge in [0, 0.05) is 10.0 Å². The first-order chi connectivity index (χ1) is 7.18. The summed E-state index contributed by atoms with van der Waals surface area (Å²) in [6.45, 7) is 2.98. The van der Waals surface area contributed by atoms with E-state index in [-0.39, 0.29) is 11.8 Å². The molecular formula is C12H14BrNO. The van der Waals surface area contributed by atoms with Crippen LogP contribution in [0, 0.1) is 6.92 Å². The van der Waals surface area contributed by atoms with Crippen LogP contribution in [0.2, 0.25) is 0 Å². The normalized spacial score (nSPS) is 20.5. The molecule has 0 aromatic heterocycles. The summed E-state index contributed by atoms with van der Waals surface area (Å²) >= 11 is 3.45. The maximum Gasteiger partial charge on any atom is 0.179 e. The Morgan fingerprint density at radius 1 is 1.53 bits per heavy atom. The first kappa shape index (κ1) is 10.8. The van der Waals surface area contributed by atoms with Gasteiger partial charge < -0.3 is 5.32 Å². The van der Waals surface area contributed by atoms with Crippen molar-refractivity contribution in [2.45, 2.75) is 25.8 Å². The van der Waals surface area contributed by atoms with E-state index in [4.69, 9.17) is 0 Å². The van der Waals surface area contributed by atoms with Crippen molar-refractivity contribution in [3.05, 3.63) is 33.8 Å². The minimum atomic E-state index is 0.0274. The number of carbonyl (C=O) groups excluding carboxylic acids is 1.